The fraction of sp³-hybridized carbons (Fsp3) is 0.235. The van der Waals surface area contributed by atoms with Gasteiger partial charge >= 0.3 is 0 Å². The Kier molecular flexibility index (Phi) is 4.37. The molecule has 0 aliphatic rings. The van der Waals surface area contributed by atoms with Gasteiger partial charge in [-0.25, -0.2) is 8.42 Å². The first kappa shape index (κ1) is 16.2. The Hall–Kier alpha value is -2.14. The molecule has 0 unspecified atom stereocenters. The lowest BCUT2D eigenvalue weighted by Gasteiger charge is -2.10. The first-order chi connectivity index (χ1) is 10.2. The molecule has 0 fully saturated rings. The summed E-state index contributed by atoms with van der Waals surface area (Å²) in [5, 5.41) is 2.81. The van der Waals surface area contributed by atoms with E-state index in [2.05, 4.69) is 5.32 Å². The second-order valence-electron chi connectivity index (χ2n) is 5.50. The Morgan fingerprint density at radius 1 is 0.909 bits per heavy atom. The van der Waals surface area contributed by atoms with E-state index in [1.54, 1.807) is 13.0 Å². The highest BCUT2D eigenvalue weighted by Crippen LogP contribution is 2.19. The monoisotopic (exact) mass is 317 g/mol. The molecule has 0 bridgehead atoms. The van der Waals surface area contributed by atoms with Crippen LogP contribution in [0.15, 0.2) is 41.3 Å². The van der Waals surface area contributed by atoms with E-state index in [0.29, 0.717) is 11.3 Å². The average molecular weight is 317 g/mol. The Morgan fingerprint density at radius 2 is 1.55 bits per heavy atom. The standard InChI is InChI=1S/C17H19NO3S/c1-11-5-7-14(9-13(11)3)18-17(19)16-10-15(22(4,20)21)8-6-12(16)2/h5-10H,1-4H3,(H,18,19). The minimum Gasteiger partial charge on any atom is -0.322 e. The van der Waals surface area contributed by atoms with Crippen molar-refractivity contribution in [2.75, 3.05) is 11.6 Å². The van der Waals surface area contributed by atoms with Crippen molar-refractivity contribution in [3.05, 3.63) is 58.7 Å². The van der Waals surface area contributed by atoms with Gasteiger partial charge in [0.2, 0.25) is 0 Å². The molecule has 2 aromatic carbocycles. The van der Waals surface area contributed by atoms with E-state index in [4.69, 9.17) is 0 Å². The quantitative estimate of drug-likeness (QED) is 0.945. The maximum Gasteiger partial charge on any atom is 0.255 e. The highest BCUT2D eigenvalue weighted by molar-refractivity contribution is 7.90. The summed E-state index contributed by atoms with van der Waals surface area (Å²) in [5.41, 5.74) is 4.01. The van der Waals surface area contributed by atoms with Crippen LogP contribution in [0.5, 0.6) is 0 Å². The topological polar surface area (TPSA) is 63.2 Å². The van der Waals surface area contributed by atoms with Gasteiger partial charge < -0.3 is 5.32 Å². The normalized spacial score (nSPS) is 11.3. The molecule has 1 amide bonds. The summed E-state index contributed by atoms with van der Waals surface area (Å²) in [5.74, 6) is -0.314. The van der Waals surface area contributed by atoms with Crippen LogP contribution in [0.3, 0.4) is 0 Å². The Morgan fingerprint density at radius 3 is 2.14 bits per heavy atom. The maximum absolute atomic E-state index is 12.4. The van der Waals surface area contributed by atoms with Crippen LogP contribution in [0.4, 0.5) is 5.69 Å². The van der Waals surface area contributed by atoms with Gasteiger partial charge in [-0.05, 0) is 61.7 Å². The molecular formula is C17H19NO3S. The molecule has 2 aromatic rings. The molecule has 4 nitrogen and oxygen atoms in total. The van der Waals surface area contributed by atoms with Crippen LogP contribution in [-0.2, 0) is 9.84 Å². The molecule has 0 saturated heterocycles. The van der Waals surface area contributed by atoms with E-state index in [0.717, 1.165) is 22.9 Å². The number of carbonyl (C=O) groups is 1. The summed E-state index contributed by atoms with van der Waals surface area (Å²) in [6, 6.07) is 10.2. The van der Waals surface area contributed by atoms with Crippen molar-refractivity contribution < 1.29 is 13.2 Å². The van der Waals surface area contributed by atoms with Crippen LogP contribution in [0.2, 0.25) is 0 Å². The minimum absolute atomic E-state index is 0.142. The fourth-order valence-corrected chi connectivity index (χ4v) is 2.74. The minimum atomic E-state index is -3.34. The van der Waals surface area contributed by atoms with Crippen molar-refractivity contribution in [3.8, 4) is 0 Å². The van der Waals surface area contributed by atoms with E-state index in [-0.39, 0.29) is 10.8 Å². The first-order valence-corrected chi connectivity index (χ1v) is 8.77. The number of rotatable bonds is 3. The van der Waals surface area contributed by atoms with Crippen LogP contribution in [0.1, 0.15) is 27.0 Å². The predicted octanol–water partition coefficient (Wildman–Crippen LogP) is 3.27. The Labute approximate surface area is 131 Å². The van der Waals surface area contributed by atoms with Gasteiger partial charge in [0.05, 0.1) is 4.90 Å². The molecule has 2 rings (SSSR count). The van der Waals surface area contributed by atoms with E-state index >= 15 is 0 Å². The van der Waals surface area contributed by atoms with Gasteiger partial charge in [-0.1, -0.05) is 12.1 Å². The largest absolute Gasteiger partial charge is 0.322 e. The number of benzene rings is 2. The SMILES string of the molecule is Cc1ccc(NC(=O)c2cc(S(C)(=O)=O)ccc2C)cc1C. The van der Waals surface area contributed by atoms with E-state index in [1.165, 1.54) is 12.1 Å². The number of nitrogens with one attached hydrogen (secondary N) is 1. The maximum atomic E-state index is 12.4. The first-order valence-electron chi connectivity index (χ1n) is 6.88. The molecule has 5 heteroatoms. The number of hydrogen-bond acceptors (Lipinski definition) is 3. The van der Waals surface area contributed by atoms with Gasteiger partial charge in [0.15, 0.2) is 9.84 Å². The Balaban J connectivity index is 2.35. The lowest BCUT2D eigenvalue weighted by atomic mass is 10.1. The molecule has 0 aliphatic heterocycles. The van der Waals surface area contributed by atoms with E-state index in [1.807, 2.05) is 32.0 Å². The summed E-state index contributed by atoms with van der Waals surface area (Å²) in [4.78, 5) is 12.5. The molecule has 0 radical (unpaired) electrons. The van der Waals surface area contributed by atoms with Crippen molar-refractivity contribution >= 4 is 21.4 Å². The van der Waals surface area contributed by atoms with Gasteiger partial charge in [-0.15, -0.1) is 0 Å². The third-order valence-corrected chi connectivity index (χ3v) is 4.76. The summed E-state index contributed by atoms with van der Waals surface area (Å²) in [6.07, 6.45) is 1.13. The summed E-state index contributed by atoms with van der Waals surface area (Å²) < 4.78 is 23.3. The lowest BCUT2D eigenvalue weighted by Crippen LogP contribution is -2.14. The van der Waals surface area contributed by atoms with Gasteiger partial charge in [0, 0.05) is 17.5 Å². The number of amides is 1. The molecule has 1 N–H and O–H groups in total. The second-order valence-corrected chi connectivity index (χ2v) is 7.52. The zero-order valence-electron chi connectivity index (χ0n) is 13.1. The highest BCUT2D eigenvalue weighted by atomic mass is 32.2. The van der Waals surface area contributed by atoms with Crippen molar-refractivity contribution in [3.63, 3.8) is 0 Å². The number of sulfone groups is 1. The lowest BCUT2D eigenvalue weighted by molar-refractivity contribution is 0.102. The number of anilines is 1. The molecule has 116 valence electrons. The van der Waals surface area contributed by atoms with Crippen LogP contribution < -0.4 is 5.32 Å². The predicted molar refractivity (Wildman–Crippen MR) is 88.2 cm³/mol. The zero-order valence-corrected chi connectivity index (χ0v) is 13.9. The third kappa shape index (κ3) is 3.54. The second kappa shape index (κ2) is 5.93. The average Bonchev–Trinajstić information content (AvgIpc) is 2.42. The smallest absolute Gasteiger partial charge is 0.255 e. The highest BCUT2D eigenvalue weighted by Gasteiger charge is 2.14. The molecule has 22 heavy (non-hydrogen) atoms. The molecule has 0 atom stereocenters. The number of aryl methyl sites for hydroxylation is 3. The van der Waals surface area contributed by atoms with Gasteiger partial charge in [0.25, 0.3) is 5.91 Å². The van der Waals surface area contributed by atoms with Crippen molar-refractivity contribution in [1.29, 1.82) is 0 Å². The van der Waals surface area contributed by atoms with Crippen LogP contribution >= 0.6 is 0 Å². The third-order valence-electron chi connectivity index (χ3n) is 3.65. The molecule has 0 heterocycles. The summed E-state index contributed by atoms with van der Waals surface area (Å²) in [7, 11) is -3.34. The van der Waals surface area contributed by atoms with E-state index < -0.39 is 9.84 Å². The summed E-state index contributed by atoms with van der Waals surface area (Å²) in [6.45, 7) is 5.75. The van der Waals surface area contributed by atoms with Crippen LogP contribution in [0.25, 0.3) is 0 Å². The van der Waals surface area contributed by atoms with Crippen molar-refractivity contribution in [2.45, 2.75) is 25.7 Å². The van der Waals surface area contributed by atoms with Crippen LogP contribution in [0, 0.1) is 20.8 Å². The fourth-order valence-electron chi connectivity index (χ4n) is 2.09. The number of carbonyl (C=O) groups excluding carboxylic acids is 1. The molecule has 0 aliphatic carbocycles. The molecule has 0 spiro atoms. The van der Waals surface area contributed by atoms with Gasteiger partial charge in [-0.3, -0.25) is 4.79 Å². The number of hydrogen-bond donors (Lipinski definition) is 1. The van der Waals surface area contributed by atoms with Crippen molar-refractivity contribution in [2.24, 2.45) is 0 Å². The Bertz CT molecular complexity index is 839. The van der Waals surface area contributed by atoms with E-state index in [9.17, 15) is 13.2 Å². The zero-order chi connectivity index (χ0) is 16.5. The van der Waals surface area contributed by atoms with Gasteiger partial charge in [0.1, 0.15) is 0 Å². The molecule has 0 saturated carbocycles. The van der Waals surface area contributed by atoms with Crippen molar-refractivity contribution in [1.82, 2.24) is 0 Å². The van der Waals surface area contributed by atoms with Gasteiger partial charge in [-0.2, -0.15) is 0 Å². The molecule has 0 aromatic heterocycles. The summed E-state index contributed by atoms with van der Waals surface area (Å²) >= 11 is 0. The van der Waals surface area contributed by atoms with Crippen LogP contribution in [-0.4, -0.2) is 20.6 Å². The molecular weight excluding hydrogens is 298 g/mol.